The number of methoxy groups -OCH3 is 1. The lowest BCUT2D eigenvalue weighted by molar-refractivity contribution is 0.130. The van der Waals surface area contributed by atoms with Crippen LogP contribution in [0.2, 0.25) is 0 Å². The molecule has 1 aromatic heterocycles. The quantitative estimate of drug-likeness (QED) is 0.572. The minimum absolute atomic E-state index is 0.0669. The second-order valence-corrected chi connectivity index (χ2v) is 8.69. The summed E-state index contributed by atoms with van der Waals surface area (Å²) in [6.45, 7) is 0.711. The standard InChI is InChI=1S/C26H31N3O4/c1-32-22-13-9-20-10-14-25(30)29(24(20)15-22)16-23(27)19-7-11-21(12-8-19)28-26(31)33-17-18-5-3-2-4-6-18/h2-6,9-10,13-15,19,21,23H,7-8,11-12,16-17,27H2,1H3,(H,28,31)/t19-,21-,23?. The van der Waals surface area contributed by atoms with Crippen LogP contribution in [0, 0.1) is 5.92 Å². The maximum absolute atomic E-state index is 12.6. The summed E-state index contributed by atoms with van der Waals surface area (Å²) in [5.41, 5.74) is 8.29. The number of aromatic nitrogens is 1. The Hall–Kier alpha value is -3.32. The van der Waals surface area contributed by atoms with E-state index in [2.05, 4.69) is 5.32 Å². The summed E-state index contributed by atoms with van der Waals surface area (Å²) in [7, 11) is 1.61. The van der Waals surface area contributed by atoms with Gasteiger partial charge in [0.05, 0.1) is 12.6 Å². The number of ether oxygens (including phenoxy) is 2. The lowest BCUT2D eigenvalue weighted by Gasteiger charge is -2.32. The van der Waals surface area contributed by atoms with Crippen LogP contribution in [0.4, 0.5) is 4.79 Å². The third kappa shape index (κ3) is 5.73. The smallest absolute Gasteiger partial charge is 0.407 e. The minimum Gasteiger partial charge on any atom is -0.497 e. The number of benzene rings is 2. The summed E-state index contributed by atoms with van der Waals surface area (Å²) >= 11 is 0. The fourth-order valence-electron chi connectivity index (χ4n) is 4.57. The summed E-state index contributed by atoms with van der Waals surface area (Å²) in [5.74, 6) is 0.998. The van der Waals surface area contributed by atoms with Crippen molar-refractivity contribution >= 4 is 17.0 Å². The highest BCUT2D eigenvalue weighted by Gasteiger charge is 2.27. The first kappa shape index (κ1) is 22.9. The van der Waals surface area contributed by atoms with Crippen LogP contribution < -0.4 is 21.3 Å². The molecule has 1 unspecified atom stereocenters. The number of carbonyl (C=O) groups excluding carboxylic acids is 1. The van der Waals surface area contributed by atoms with Crippen molar-refractivity contribution in [2.75, 3.05) is 7.11 Å². The Bertz CT molecular complexity index is 1140. The molecule has 7 nitrogen and oxygen atoms in total. The highest BCUT2D eigenvalue weighted by molar-refractivity contribution is 5.80. The van der Waals surface area contributed by atoms with E-state index in [4.69, 9.17) is 15.2 Å². The number of pyridine rings is 1. The van der Waals surface area contributed by atoms with Gasteiger partial charge in [0.15, 0.2) is 0 Å². The molecule has 3 aromatic rings. The molecule has 1 aliphatic carbocycles. The molecule has 4 rings (SSSR count). The second kappa shape index (κ2) is 10.5. The molecule has 2 aromatic carbocycles. The monoisotopic (exact) mass is 449 g/mol. The van der Waals surface area contributed by atoms with Gasteiger partial charge in [0.25, 0.3) is 5.56 Å². The lowest BCUT2D eigenvalue weighted by atomic mass is 9.81. The van der Waals surface area contributed by atoms with Gasteiger partial charge in [-0.15, -0.1) is 0 Å². The van der Waals surface area contributed by atoms with Gasteiger partial charge < -0.3 is 25.1 Å². The first-order valence-electron chi connectivity index (χ1n) is 11.4. The average molecular weight is 450 g/mol. The summed E-state index contributed by atoms with van der Waals surface area (Å²) < 4.78 is 12.4. The number of nitrogens with zero attached hydrogens (tertiary/aromatic N) is 1. The third-order valence-corrected chi connectivity index (χ3v) is 6.51. The molecule has 0 bridgehead atoms. The summed E-state index contributed by atoms with van der Waals surface area (Å²) in [6.07, 6.45) is 3.10. The van der Waals surface area contributed by atoms with Crippen molar-refractivity contribution in [2.45, 2.75) is 50.9 Å². The van der Waals surface area contributed by atoms with E-state index < -0.39 is 0 Å². The molecule has 7 heteroatoms. The normalized spacial score (nSPS) is 19.1. The molecule has 3 N–H and O–H groups in total. The molecule has 0 spiro atoms. The first-order chi connectivity index (χ1) is 16.0. The van der Waals surface area contributed by atoms with Crippen LogP contribution in [0.1, 0.15) is 31.2 Å². The average Bonchev–Trinajstić information content (AvgIpc) is 2.85. The van der Waals surface area contributed by atoms with Crippen molar-refractivity contribution in [2.24, 2.45) is 11.7 Å². The molecule has 1 fully saturated rings. The van der Waals surface area contributed by atoms with E-state index in [0.717, 1.165) is 42.1 Å². The SMILES string of the molecule is COc1ccc2ccc(=O)n(CC(N)[C@H]3CC[C@H](NC(=O)OCc4ccccc4)CC3)c2c1. The Labute approximate surface area is 193 Å². The van der Waals surface area contributed by atoms with Crippen molar-refractivity contribution in [3.8, 4) is 5.75 Å². The number of nitrogens with one attached hydrogen (secondary N) is 1. The van der Waals surface area contributed by atoms with Crippen LogP contribution in [0.15, 0.2) is 65.5 Å². The van der Waals surface area contributed by atoms with Crippen molar-refractivity contribution in [3.05, 3.63) is 76.6 Å². The van der Waals surface area contributed by atoms with E-state index in [1.807, 2.05) is 54.6 Å². The van der Waals surface area contributed by atoms with Gasteiger partial charge in [0, 0.05) is 30.8 Å². The van der Waals surface area contributed by atoms with Crippen LogP contribution in [-0.2, 0) is 17.9 Å². The second-order valence-electron chi connectivity index (χ2n) is 8.69. The van der Waals surface area contributed by atoms with Gasteiger partial charge in [-0.1, -0.05) is 30.3 Å². The molecule has 1 aliphatic rings. The number of amides is 1. The topological polar surface area (TPSA) is 95.6 Å². The number of hydrogen-bond donors (Lipinski definition) is 2. The van der Waals surface area contributed by atoms with E-state index in [1.54, 1.807) is 17.7 Å². The van der Waals surface area contributed by atoms with Gasteiger partial charge >= 0.3 is 6.09 Å². The fourth-order valence-corrected chi connectivity index (χ4v) is 4.57. The van der Waals surface area contributed by atoms with E-state index in [9.17, 15) is 9.59 Å². The van der Waals surface area contributed by atoms with Gasteiger partial charge in [-0.25, -0.2) is 4.79 Å². The Morgan fingerprint density at radius 3 is 2.55 bits per heavy atom. The lowest BCUT2D eigenvalue weighted by Crippen LogP contribution is -2.43. The predicted molar refractivity (Wildman–Crippen MR) is 128 cm³/mol. The van der Waals surface area contributed by atoms with Crippen LogP contribution in [0.3, 0.4) is 0 Å². The van der Waals surface area contributed by atoms with Crippen LogP contribution in [0.5, 0.6) is 5.75 Å². The zero-order valence-corrected chi connectivity index (χ0v) is 18.9. The fraction of sp³-hybridized carbons (Fsp3) is 0.385. The number of rotatable bonds is 7. The van der Waals surface area contributed by atoms with Gasteiger partial charge in [0.1, 0.15) is 12.4 Å². The molecular formula is C26H31N3O4. The largest absolute Gasteiger partial charge is 0.497 e. The number of hydrogen-bond acceptors (Lipinski definition) is 5. The van der Waals surface area contributed by atoms with E-state index >= 15 is 0 Å². The Morgan fingerprint density at radius 2 is 1.82 bits per heavy atom. The highest BCUT2D eigenvalue weighted by atomic mass is 16.5. The van der Waals surface area contributed by atoms with E-state index in [0.29, 0.717) is 12.3 Å². The van der Waals surface area contributed by atoms with Gasteiger partial charge in [-0.05, 0) is 60.7 Å². The molecule has 33 heavy (non-hydrogen) atoms. The molecular weight excluding hydrogens is 418 g/mol. The zero-order valence-electron chi connectivity index (χ0n) is 18.9. The first-order valence-corrected chi connectivity index (χ1v) is 11.4. The summed E-state index contributed by atoms with van der Waals surface area (Å²) in [4.78, 5) is 24.7. The van der Waals surface area contributed by atoms with E-state index in [-0.39, 0.29) is 36.3 Å². The van der Waals surface area contributed by atoms with E-state index in [1.165, 1.54) is 0 Å². The minimum atomic E-state index is -0.386. The summed E-state index contributed by atoms with van der Waals surface area (Å²) in [5, 5.41) is 3.95. The van der Waals surface area contributed by atoms with Crippen LogP contribution in [-0.4, -0.2) is 29.9 Å². The van der Waals surface area contributed by atoms with Crippen LogP contribution >= 0.6 is 0 Å². The van der Waals surface area contributed by atoms with Crippen molar-refractivity contribution in [3.63, 3.8) is 0 Å². The van der Waals surface area contributed by atoms with Crippen molar-refractivity contribution in [1.82, 2.24) is 9.88 Å². The molecule has 1 atom stereocenters. The van der Waals surface area contributed by atoms with Gasteiger partial charge in [-0.2, -0.15) is 0 Å². The number of nitrogens with two attached hydrogens (primary N) is 1. The zero-order chi connectivity index (χ0) is 23.2. The maximum Gasteiger partial charge on any atom is 0.407 e. The Morgan fingerprint density at radius 1 is 1.09 bits per heavy atom. The van der Waals surface area contributed by atoms with Crippen molar-refractivity contribution in [1.29, 1.82) is 0 Å². The van der Waals surface area contributed by atoms with Crippen LogP contribution in [0.25, 0.3) is 10.9 Å². The molecule has 1 saturated carbocycles. The number of fused-ring (bicyclic) bond motifs is 1. The van der Waals surface area contributed by atoms with Crippen molar-refractivity contribution < 1.29 is 14.3 Å². The number of carbonyl (C=O) groups is 1. The molecule has 1 amide bonds. The Kier molecular flexibility index (Phi) is 7.29. The molecule has 0 saturated heterocycles. The molecule has 174 valence electrons. The molecule has 1 heterocycles. The van der Waals surface area contributed by atoms with Gasteiger partial charge in [-0.3, -0.25) is 4.79 Å². The summed E-state index contributed by atoms with van der Waals surface area (Å²) in [6, 6.07) is 18.7. The maximum atomic E-state index is 12.6. The molecule has 0 aliphatic heterocycles. The van der Waals surface area contributed by atoms with Gasteiger partial charge in [0.2, 0.25) is 0 Å². The molecule has 0 radical (unpaired) electrons. The Balaban J connectivity index is 1.31. The highest BCUT2D eigenvalue weighted by Crippen LogP contribution is 2.28. The predicted octanol–water partition coefficient (Wildman–Crippen LogP) is 3.82. The third-order valence-electron chi connectivity index (χ3n) is 6.51. The number of alkyl carbamates (subject to hydrolysis) is 1.